The Hall–Kier alpha value is -3.45. The average Bonchev–Trinajstić information content (AvgIpc) is 3.19. The molecule has 1 amide bonds. The van der Waals surface area contributed by atoms with Crippen molar-refractivity contribution < 1.29 is 13.9 Å². The quantitative estimate of drug-likeness (QED) is 0.371. The summed E-state index contributed by atoms with van der Waals surface area (Å²) in [5.41, 5.74) is 2.76. The molecule has 0 unspecified atom stereocenters. The van der Waals surface area contributed by atoms with Crippen LogP contribution >= 0.6 is 15.9 Å². The lowest BCUT2D eigenvalue weighted by Crippen LogP contribution is -2.12. The summed E-state index contributed by atoms with van der Waals surface area (Å²) in [5.74, 6) is 0.214. The summed E-state index contributed by atoms with van der Waals surface area (Å²) in [6.07, 6.45) is 3.28. The van der Waals surface area contributed by atoms with Crippen LogP contribution in [0.2, 0.25) is 0 Å². The Bertz CT molecular complexity index is 1210. The topological polar surface area (TPSA) is 56.2 Å². The van der Waals surface area contributed by atoms with Crippen LogP contribution in [0.5, 0.6) is 5.75 Å². The Labute approximate surface area is 187 Å². The van der Waals surface area contributed by atoms with Gasteiger partial charge in [-0.25, -0.2) is 4.39 Å². The number of nitrogens with zero attached hydrogens (tertiary/aromatic N) is 2. The first-order valence-electron chi connectivity index (χ1n) is 9.61. The number of hydrogen-bond donors (Lipinski definition) is 1. The monoisotopic (exact) mass is 479 g/mol. The van der Waals surface area contributed by atoms with Gasteiger partial charge in [0.15, 0.2) is 0 Å². The van der Waals surface area contributed by atoms with E-state index in [1.165, 1.54) is 12.1 Å². The van der Waals surface area contributed by atoms with Gasteiger partial charge in [-0.3, -0.25) is 9.48 Å². The second kappa shape index (κ2) is 9.57. The standard InChI is InChI=1S/C24H19BrFN3O2/c25-20-7-3-9-23(12-20)31-16-18-5-1-6-19(10-18)24(30)28-22-13-27-29(15-22)14-17-4-2-8-21(26)11-17/h1-13,15H,14,16H2,(H,28,30). The van der Waals surface area contributed by atoms with Crippen molar-refractivity contribution in [3.63, 3.8) is 0 Å². The fourth-order valence-electron chi connectivity index (χ4n) is 3.07. The molecule has 1 aromatic heterocycles. The summed E-state index contributed by atoms with van der Waals surface area (Å²) in [5, 5.41) is 7.07. The van der Waals surface area contributed by atoms with Crippen LogP contribution in [0.3, 0.4) is 0 Å². The number of benzene rings is 3. The lowest BCUT2D eigenvalue weighted by Gasteiger charge is -2.08. The Morgan fingerprint density at radius 2 is 1.84 bits per heavy atom. The molecule has 0 saturated carbocycles. The highest BCUT2D eigenvalue weighted by molar-refractivity contribution is 9.10. The van der Waals surface area contributed by atoms with Gasteiger partial charge in [0.1, 0.15) is 18.2 Å². The second-order valence-corrected chi connectivity index (χ2v) is 7.87. The second-order valence-electron chi connectivity index (χ2n) is 6.96. The third kappa shape index (κ3) is 5.79. The fourth-order valence-corrected chi connectivity index (χ4v) is 3.44. The zero-order chi connectivity index (χ0) is 21.6. The SMILES string of the molecule is O=C(Nc1cnn(Cc2cccc(F)c2)c1)c1cccc(COc2cccc(Br)c2)c1. The molecule has 5 nitrogen and oxygen atoms in total. The van der Waals surface area contributed by atoms with Crippen LogP contribution in [0.1, 0.15) is 21.5 Å². The van der Waals surface area contributed by atoms with Crippen LogP contribution in [0.25, 0.3) is 0 Å². The maximum Gasteiger partial charge on any atom is 0.255 e. The maximum atomic E-state index is 13.3. The molecule has 0 aliphatic carbocycles. The van der Waals surface area contributed by atoms with E-state index < -0.39 is 0 Å². The van der Waals surface area contributed by atoms with Gasteiger partial charge in [-0.2, -0.15) is 5.10 Å². The van der Waals surface area contributed by atoms with E-state index in [0.717, 1.165) is 21.3 Å². The van der Waals surface area contributed by atoms with Crippen molar-refractivity contribution >= 4 is 27.5 Å². The Balaban J connectivity index is 1.37. The molecule has 4 rings (SSSR count). The van der Waals surface area contributed by atoms with Crippen LogP contribution in [0.4, 0.5) is 10.1 Å². The number of carbonyl (C=O) groups is 1. The predicted molar refractivity (Wildman–Crippen MR) is 121 cm³/mol. The number of nitrogens with one attached hydrogen (secondary N) is 1. The highest BCUT2D eigenvalue weighted by Gasteiger charge is 2.09. The van der Waals surface area contributed by atoms with Crippen LogP contribution in [0, 0.1) is 5.82 Å². The molecule has 0 spiro atoms. The highest BCUT2D eigenvalue weighted by Crippen LogP contribution is 2.19. The van der Waals surface area contributed by atoms with Crippen molar-refractivity contribution in [2.45, 2.75) is 13.2 Å². The Kier molecular flexibility index (Phi) is 6.43. The van der Waals surface area contributed by atoms with Gasteiger partial charge in [0.2, 0.25) is 0 Å². The largest absolute Gasteiger partial charge is 0.489 e. The van der Waals surface area contributed by atoms with Crippen molar-refractivity contribution in [1.29, 1.82) is 0 Å². The lowest BCUT2D eigenvalue weighted by atomic mass is 10.1. The summed E-state index contributed by atoms with van der Waals surface area (Å²) < 4.78 is 21.7. The smallest absolute Gasteiger partial charge is 0.255 e. The Morgan fingerprint density at radius 3 is 2.68 bits per heavy atom. The highest BCUT2D eigenvalue weighted by atomic mass is 79.9. The molecule has 1 N–H and O–H groups in total. The van der Waals surface area contributed by atoms with Crippen LogP contribution in [0.15, 0.2) is 89.7 Å². The van der Waals surface area contributed by atoms with Crippen molar-refractivity contribution in [3.05, 3.63) is 112 Å². The molecule has 7 heteroatoms. The number of aromatic nitrogens is 2. The third-order valence-corrected chi connectivity index (χ3v) is 5.01. The van der Waals surface area contributed by atoms with E-state index in [1.807, 2.05) is 42.5 Å². The molecule has 0 fully saturated rings. The maximum absolute atomic E-state index is 13.3. The van der Waals surface area contributed by atoms with Crippen molar-refractivity contribution in [3.8, 4) is 5.75 Å². The number of amides is 1. The molecule has 0 radical (unpaired) electrons. The summed E-state index contributed by atoms with van der Waals surface area (Å²) in [7, 11) is 0. The first-order chi connectivity index (χ1) is 15.0. The van der Waals surface area contributed by atoms with Crippen molar-refractivity contribution in [2.75, 3.05) is 5.32 Å². The van der Waals surface area contributed by atoms with E-state index in [2.05, 4.69) is 26.3 Å². The van der Waals surface area contributed by atoms with E-state index in [0.29, 0.717) is 24.4 Å². The molecule has 31 heavy (non-hydrogen) atoms. The normalized spacial score (nSPS) is 10.6. The zero-order valence-electron chi connectivity index (χ0n) is 16.5. The molecular formula is C24H19BrFN3O2. The molecule has 0 atom stereocenters. The molecule has 0 aliphatic rings. The number of ether oxygens (including phenoxy) is 1. The third-order valence-electron chi connectivity index (χ3n) is 4.52. The molecule has 3 aromatic carbocycles. The van der Waals surface area contributed by atoms with Gasteiger partial charge in [0.05, 0.1) is 18.4 Å². The van der Waals surface area contributed by atoms with Gasteiger partial charge >= 0.3 is 0 Å². The number of anilines is 1. The molecule has 4 aromatic rings. The van der Waals surface area contributed by atoms with E-state index in [-0.39, 0.29) is 11.7 Å². The fraction of sp³-hybridized carbons (Fsp3) is 0.0833. The van der Waals surface area contributed by atoms with Gasteiger partial charge in [-0.15, -0.1) is 0 Å². The van der Waals surface area contributed by atoms with Gasteiger partial charge in [-0.05, 0) is 53.6 Å². The van der Waals surface area contributed by atoms with Crippen LogP contribution < -0.4 is 10.1 Å². The lowest BCUT2D eigenvalue weighted by molar-refractivity contribution is 0.102. The van der Waals surface area contributed by atoms with Crippen molar-refractivity contribution in [2.24, 2.45) is 0 Å². The molecule has 156 valence electrons. The summed E-state index contributed by atoms with van der Waals surface area (Å²) in [6.45, 7) is 0.763. The van der Waals surface area contributed by atoms with Gasteiger partial charge < -0.3 is 10.1 Å². The molecule has 0 bridgehead atoms. The summed E-state index contributed by atoms with van der Waals surface area (Å²) in [6, 6.07) is 21.2. The van der Waals surface area contributed by atoms with Gasteiger partial charge in [-0.1, -0.05) is 46.3 Å². The average molecular weight is 480 g/mol. The minimum Gasteiger partial charge on any atom is -0.489 e. The van der Waals surface area contributed by atoms with E-state index >= 15 is 0 Å². The van der Waals surface area contributed by atoms with E-state index in [1.54, 1.807) is 35.3 Å². The van der Waals surface area contributed by atoms with E-state index in [4.69, 9.17) is 4.74 Å². The van der Waals surface area contributed by atoms with Crippen molar-refractivity contribution in [1.82, 2.24) is 9.78 Å². The number of carbonyl (C=O) groups excluding carboxylic acids is 1. The number of halogens is 2. The molecular weight excluding hydrogens is 461 g/mol. The molecule has 0 aliphatic heterocycles. The molecule has 1 heterocycles. The summed E-state index contributed by atoms with van der Waals surface area (Å²) >= 11 is 3.42. The minimum atomic E-state index is -0.290. The first-order valence-corrected chi connectivity index (χ1v) is 10.4. The zero-order valence-corrected chi connectivity index (χ0v) is 18.0. The molecule has 0 saturated heterocycles. The first kappa shape index (κ1) is 20.8. The predicted octanol–water partition coefficient (Wildman–Crippen LogP) is 5.66. The minimum absolute atomic E-state index is 0.241. The summed E-state index contributed by atoms with van der Waals surface area (Å²) in [4.78, 5) is 12.7. The van der Waals surface area contributed by atoms with Crippen LogP contribution in [-0.2, 0) is 13.2 Å². The van der Waals surface area contributed by atoms with Gasteiger partial charge in [0, 0.05) is 16.2 Å². The number of hydrogen-bond acceptors (Lipinski definition) is 3. The van der Waals surface area contributed by atoms with E-state index in [9.17, 15) is 9.18 Å². The van der Waals surface area contributed by atoms with Crippen LogP contribution in [-0.4, -0.2) is 15.7 Å². The Morgan fingerprint density at radius 1 is 1.03 bits per heavy atom. The number of rotatable bonds is 7. The van der Waals surface area contributed by atoms with Gasteiger partial charge in [0.25, 0.3) is 5.91 Å².